The lowest BCUT2D eigenvalue weighted by atomic mass is 9.91. The first-order chi connectivity index (χ1) is 30.1. The normalized spacial score (nSPS) is 22.7. The van der Waals surface area contributed by atoms with Crippen molar-refractivity contribution in [2.45, 2.75) is 115 Å². The van der Waals surface area contributed by atoms with Gasteiger partial charge < -0.3 is 39.5 Å². The molecule has 0 unspecified atom stereocenters. The Kier molecular flexibility index (Phi) is 12.0. The lowest BCUT2D eigenvalue weighted by molar-refractivity contribution is -0.135. The summed E-state index contributed by atoms with van der Waals surface area (Å²) in [7, 11) is 1.31. The van der Waals surface area contributed by atoms with Crippen molar-refractivity contribution in [3.05, 3.63) is 95.4 Å². The number of H-pyrrole nitrogens is 2. The highest BCUT2D eigenvalue weighted by atomic mass is 16.5. The molecule has 3 aromatic carbocycles. The zero-order chi connectivity index (χ0) is 43.1. The molecule has 4 aliphatic rings. The molecule has 4 fully saturated rings. The van der Waals surface area contributed by atoms with Gasteiger partial charge in [0, 0.05) is 32.0 Å². The second-order valence-electron chi connectivity index (χ2n) is 18.4. The summed E-state index contributed by atoms with van der Waals surface area (Å²) in [4.78, 5) is 63.0. The van der Waals surface area contributed by atoms with E-state index in [0.717, 1.165) is 105 Å². The van der Waals surface area contributed by atoms with Gasteiger partial charge >= 0.3 is 6.09 Å². The standard InChI is InChI=1S/C49H61N8O5/c1-29(2)26-44(58)55-22-6-8-42(55)46-50-36-16-12-33(27-38(36)52-46)40-18-19-41(57(40)35-14-10-31(11-15-35)32-20-24-62-25-21-32)34-13-17-37-39(28-34)53-47(51-37)43-9-7-23-56(43)48(59)45(30(3)4)54-49(60)61-5/h10-17,26-30,32,40-43,45H,6-9,18-25H2,1-5H3,(H,50,52)(H,51,53)(H,54,60)/t40-,41-,42+,43+,45+/m1/s1. The van der Waals surface area contributed by atoms with Crippen LogP contribution in [0.4, 0.5) is 10.5 Å². The van der Waals surface area contributed by atoms with Crippen LogP contribution in [0.5, 0.6) is 0 Å². The molecule has 13 heteroatoms. The van der Waals surface area contributed by atoms with E-state index in [1.54, 1.807) is 0 Å². The van der Waals surface area contributed by atoms with Gasteiger partial charge in [-0.05, 0) is 122 Å². The number of likely N-dealkylation sites (tertiary alicyclic amines) is 2. The fraction of sp³-hybridized carbons (Fsp3) is 0.510. The minimum absolute atomic E-state index is 0.0508. The molecule has 327 valence electrons. The van der Waals surface area contributed by atoms with Gasteiger partial charge in [0.15, 0.2) is 0 Å². The van der Waals surface area contributed by atoms with Crippen molar-refractivity contribution in [1.82, 2.24) is 35.1 Å². The molecule has 5 aromatic rings. The van der Waals surface area contributed by atoms with E-state index in [2.05, 4.69) is 80.8 Å². The Morgan fingerprint density at radius 3 is 2.02 bits per heavy atom. The Balaban J connectivity index is 1.02. The van der Waals surface area contributed by atoms with Gasteiger partial charge in [-0.3, -0.25) is 9.59 Å². The lowest BCUT2D eigenvalue weighted by Crippen LogP contribution is -2.51. The molecule has 3 N–H and O–H groups in total. The van der Waals surface area contributed by atoms with E-state index >= 15 is 0 Å². The number of carbonyl (C=O) groups is 3. The third-order valence-electron chi connectivity index (χ3n) is 13.7. The van der Waals surface area contributed by atoms with E-state index in [4.69, 9.17) is 19.4 Å². The van der Waals surface area contributed by atoms with Crippen LogP contribution in [0.15, 0.2) is 60.7 Å². The van der Waals surface area contributed by atoms with Crippen LogP contribution < -0.4 is 10.2 Å². The molecular weight excluding hydrogens is 781 g/mol. The Hall–Kier alpha value is -5.43. The molecule has 4 aliphatic heterocycles. The number of methoxy groups -OCH3 is 1. The number of hydrogen-bond donors (Lipinski definition) is 3. The quantitative estimate of drug-likeness (QED) is 0.119. The summed E-state index contributed by atoms with van der Waals surface area (Å²) in [5.74, 6) is 2.19. The highest BCUT2D eigenvalue weighted by molar-refractivity contribution is 5.87. The predicted molar refractivity (Wildman–Crippen MR) is 239 cm³/mol. The van der Waals surface area contributed by atoms with E-state index < -0.39 is 12.1 Å². The van der Waals surface area contributed by atoms with E-state index in [1.807, 2.05) is 43.9 Å². The summed E-state index contributed by atoms with van der Waals surface area (Å²) in [6, 6.07) is 21.7. The number of ether oxygens (including phenoxy) is 2. The molecule has 0 spiro atoms. The molecular formula is C49H61N8O5. The van der Waals surface area contributed by atoms with E-state index in [1.165, 1.54) is 29.5 Å². The van der Waals surface area contributed by atoms with Gasteiger partial charge in [-0.15, -0.1) is 0 Å². The highest BCUT2D eigenvalue weighted by Gasteiger charge is 2.39. The van der Waals surface area contributed by atoms with E-state index in [0.29, 0.717) is 12.5 Å². The maximum Gasteiger partial charge on any atom is 0.407 e. The van der Waals surface area contributed by atoms with Crippen LogP contribution in [0.3, 0.4) is 0 Å². The number of nitrogens with one attached hydrogen (secondary N) is 3. The summed E-state index contributed by atoms with van der Waals surface area (Å²) in [5.41, 5.74) is 8.69. The maximum absolute atomic E-state index is 13.9. The molecule has 6 heterocycles. The molecule has 0 bridgehead atoms. The molecule has 1 radical (unpaired) electrons. The van der Waals surface area contributed by atoms with Gasteiger partial charge in [0.1, 0.15) is 17.7 Å². The highest BCUT2D eigenvalue weighted by Crippen LogP contribution is 2.48. The minimum atomic E-state index is -0.691. The number of carbonyl (C=O) groups excluding carboxylic acids is 3. The van der Waals surface area contributed by atoms with E-state index in [-0.39, 0.29) is 47.8 Å². The second kappa shape index (κ2) is 17.7. The van der Waals surface area contributed by atoms with Crippen molar-refractivity contribution in [2.24, 2.45) is 11.8 Å². The molecule has 9 rings (SSSR count). The molecule has 3 amide bonds. The van der Waals surface area contributed by atoms with Crippen LogP contribution in [-0.4, -0.2) is 87.1 Å². The number of amides is 3. The van der Waals surface area contributed by atoms with Crippen molar-refractivity contribution >= 4 is 45.7 Å². The molecule has 62 heavy (non-hydrogen) atoms. The van der Waals surface area contributed by atoms with Crippen LogP contribution >= 0.6 is 0 Å². The number of aromatic nitrogens is 4. The second-order valence-corrected chi connectivity index (χ2v) is 18.4. The average Bonchev–Trinajstić information content (AvgIpc) is 4.13. The fourth-order valence-corrected chi connectivity index (χ4v) is 10.5. The zero-order valence-electron chi connectivity index (χ0n) is 36.7. The van der Waals surface area contributed by atoms with Gasteiger partial charge in [-0.1, -0.05) is 52.0 Å². The van der Waals surface area contributed by atoms with Gasteiger partial charge in [0.05, 0.1) is 59.8 Å². The SMILES string of the molecule is COC(=O)N[C@H](C(=O)N1CCC[C@H]1c1nc2cc([C@H]3CC[C@H](c4ccc5nc([C@@H]6CCCN6C(=O)[CH]C(C)C)[nH]c5c4)N3c3ccc(C4CCOCC4)cc3)ccc2[nH]1)C(C)C. The molecule has 0 aliphatic carbocycles. The van der Waals surface area contributed by atoms with Crippen molar-refractivity contribution < 1.29 is 23.9 Å². The van der Waals surface area contributed by atoms with E-state index in [9.17, 15) is 14.4 Å². The summed E-state index contributed by atoms with van der Waals surface area (Å²) in [6.45, 7) is 10.9. The summed E-state index contributed by atoms with van der Waals surface area (Å²) < 4.78 is 10.5. The number of anilines is 1. The van der Waals surface area contributed by atoms with Crippen molar-refractivity contribution in [3.63, 3.8) is 0 Å². The van der Waals surface area contributed by atoms with Crippen molar-refractivity contribution in [2.75, 3.05) is 38.3 Å². The summed E-state index contributed by atoms with van der Waals surface area (Å²) in [5, 5.41) is 2.75. The molecule has 5 atom stereocenters. The molecule has 13 nitrogen and oxygen atoms in total. The van der Waals surface area contributed by atoms with Crippen LogP contribution in [-0.2, 0) is 19.1 Å². The first-order valence-corrected chi connectivity index (χ1v) is 22.8. The van der Waals surface area contributed by atoms with Crippen LogP contribution in [0.25, 0.3) is 22.1 Å². The molecule has 2 aromatic heterocycles. The van der Waals surface area contributed by atoms with Gasteiger partial charge in [-0.25, -0.2) is 14.8 Å². The van der Waals surface area contributed by atoms with Crippen LogP contribution in [0, 0.1) is 18.3 Å². The number of fused-ring (bicyclic) bond motifs is 2. The Morgan fingerprint density at radius 1 is 0.726 bits per heavy atom. The number of rotatable bonds is 11. The number of aromatic amines is 2. The largest absolute Gasteiger partial charge is 0.453 e. The fourth-order valence-electron chi connectivity index (χ4n) is 10.5. The Labute approximate surface area is 364 Å². The molecule has 4 saturated heterocycles. The van der Waals surface area contributed by atoms with Gasteiger partial charge in [0.2, 0.25) is 11.8 Å². The lowest BCUT2D eigenvalue weighted by Gasteiger charge is -2.34. The number of benzene rings is 3. The first-order valence-electron chi connectivity index (χ1n) is 22.8. The first kappa shape index (κ1) is 41.9. The third kappa shape index (κ3) is 8.27. The third-order valence-corrected chi connectivity index (χ3v) is 13.7. The topological polar surface area (TPSA) is 149 Å². The number of imidazole rings is 2. The Morgan fingerprint density at radius 2 is 1.34 bits per heavy atom. The maximum atomic E-state index is 13.9. The summed E-state index contributed by atoms with van der Waals surface area (Å²) >= 11 is 0. The molecule has 0 saturated carbocycles. The van der Waals surface area contributed by atoms with Gasteiger partial charge in [-0.2, -0.15) is 0 Å². The number of alkyl carbamates (subject to hydrolysis) is 1. The van der Waals surface area contributed by atoms with Gasteiger partial charge in [0.25, 0.3) is 0 Å². The number of nitrogens with zero attached hydrogens (tertiary/aromatic N) is 5. The smallest absolute Gasteiger partial charge is 0.407 e. The number of hydrogen-bond acceptors (Lipinski definition) is 8. The Bertz CT molecular complexity index is 2400. The average molecular weight is 842 g/mol. The summed E-state index contributed by atoms with van der Waals surface area (Å²) in [6.07, 6.45) is 8.73. The van der Waals surface area contributed by atoms with Crippen molar-refractivity contribution in [3.8, 4) is 0 Å². The van der Waals surface area contributed by atoms with Crippen LogP contribution in [0.1, 0.15) is 137 Å². The zero-order valence-corrected chi connectivity index (χ0v) is 36.7. The minimum Gasteiger partial charge on any atom is -0.453 e. The van der Waals surface area contributed by atoms with Crippen molar-refractivity contribution in [1.29, 1.82) is 0 Å². The predicted octanol–water partition coefficient (Wildman–Crippen LogP) is 8.98. The monoisotopic (exact) mass is 841 g/mol. The van der Waals surface area contributed by atoms with Crippen LogP contribution in [0.2, 0.25) is 0 Å².